The molecule has 1 unspecified atom stereocenters. The van der Waals surface area contributed by atoms with Crippen molar-refractivity contribution < 1.29 is 4.79 Å². The van der Waals surface area contributed by atoms with Gasteiger partial charge in [0.25, 0.3) is 0 Å². The lowest BCUT2D eigenvalue weighted by Crippen LogP contribution is -2.52. The van der Waals surface area contributed by atoms with E-state index >= 15 is 0 Å². The van der Waals surface area contributed by atoms with E-state index in [0.717, 1.165) is 77.7 Å². The molecular formula is C21H40IN5OS. The van der Waals surface area contributed by atoms with Gasteiger partial charge in [-0.15, -0.1) is 24.0 Å². The number of nitrogens with one attached hydrogen (secondary N) is 1. The largest absolute Gasteiger partial charge is 0.357 e. The molecule has 3 rings (SSSR count). The van der Waals surface area contributed by atoms with E-state index in [0.29, 0.717) is 23.0 Å². The summed E-state index contributed by atoms with van der Waals surface area (Å²) in [5.41, 5.74) is 0. The van der Waals surface area contributed by atoms with Gasteiger partial charge < -0.3 is 15.1 Å². The Hall–Kier alpha value is -0.220. The van der Waals surface area contributed by atoms with Crippen LogP contribution in [0.2, 0.25) is 0 Å². The van der Waals surface area contributed by atoms with Crippen LogP contribution < -0.4 is 5.32 Å². The van der Waals surface area contributed by atoms with E-state index in [-0.39, 0.29) is 24.0 Å². The fourth-order valence-electron chi connectivity index (χ4n) is 4.10. The van der Waals surface area contributed by atoms with Gasteiger partial charge in [0.05, 0.1) is 6.54 Å². The predicted molar refractivity (Wildman–Crippen MR) is 134 cm³/mol. The number of piperazine rings is 1. The number of rotatable bonds is 6. The van der Waals surface area contributed by atoms with Crippen molar-refractivity contribution in [3.8, 4) is 0 Å². The fourth-order valence-corrected chi connectivity index (χ4v) is 5.40. The number of hydrogen-bond donors (Lipinski definition) is 1. The van der Waals surface area contributed by atoms with Gasteiger partial charge in [-0.25, -0.2) is 0 Å². The summed E-state index contributed by atoms with van der Waals surface area (Å²) >= 11 is 2.10. The Morgan fingerprint density at radius 3 is 2.45 bits per heavy atom. The molecule has 29 heavy (non-hydrogen) atoms. The molecule has 0 aromatic carbocycles. The van der Waals surface area contributed by atoms with Crippen molar-refractivity contribution in [3.63, 3.8) is 0 Å². The molecule has 0 aromatic rings. The smallest absolute Gasteiger partial charge is 0.225 e. The van der Waals surface area contributed by atoms with Crippen LogP contribution in [0.15, 0.2) is 4.99 Å². The lowest BCUT2D eigenvalue weighted by Gasteiger charge is -2.38. The maximum Gasteiger partial charge on any atom is 0.225 e. The Labute approximate surface area is 198 Å². The predicted octanol–water partition coefficient (Wildman–Crippen LogP) is 2.59. The molecule has 6 nitrogen and oxygen atoms in total. The summed E-state index contributed by atoms with van der Waals surface area (Å²) in [5.74, 6) is 3.70. The number of hydrogen-bond acceptors (Lipinski definition) is 4. The lowest BCUT2D eigenvalue weighted by atomic mass is 9.84. The third kappa shape index (κ3) is 7.16. The molecule has 1 N–H and O–H groups in total. The van der Waals surface area contributed by atoms with Crippen LogP contribution in [0.5, 0.6) is 0 Å². The number of guanidine groups is 1. The Balaban J connectivity index is 0.00000300. The van der Waals surface area contributed by atoms with Crippen molar-refractivity contribution in [3.05, 3.63) is 0 Å². The van der Waals surface area contributed by atoms with Gasteiger partial charge in [0, 0.05) is 69.3 Å². The van der Waals surface area contributed by atoms with Gasteiger partial charge in [-0.2, -0.15) is 11.8 Å². The number of aliphatic imine (C=N–C) groups is 1. The second kappa shape index (κ2) is 12.6. The molecule has 3 fully saturated rings. The summed E-state index contributed by atoms with van der Waals surface area (Å²) in [6, 6.07) is 0. The lowest BCUT2D eigenvalue weighted by molar-refractivity contribution is -0.139. The zero-order chi connectivity index (χ0) is 19.9. The number of carbonyl (C=O) groups excluding carboxylic acids is 1. The molecule has 1 amide bonds. The normalized spacial score (nSPS) is 24.3. The highest BCUT2D eigenvalue weighted by molar-refractivity contribution is 14.0. The molecule has 8 heteroatoms. The van der Waals surface area contributed by atoms with Crippen LogP contribution in [0.4, 0.5) is 0 Å². The number of thioether (sulfide) groups is 1. The molecule has 2 saturated heterocycles. The van der Waals surface area contributed by atoms with Gasteiger partial charge in [-0.05, 0) is 25.7 Å². The first-order chi connectivity index (χ1) is 13.6. The molecule has 0 bridgehead atoms. The van der Waals surface area contributed by atoms with E-state index in [2.05, 4.69) is 52.5 Å². The van der Waals surface area contributed by atoms with Crippen molar-refractivity contribution in [1.82, 2.24) is 20.0 Å². The molecule has 2 heterocycles. The van der Waals surface area contributed by atoms with Gasteiger partial charge in [-0.1, -0.05) is 20.3 Å². The minimum atomic E-state index is 0. The molecule has 0 spiro atoms. The average Bonchev–Trinajstić information content (AvgIpc) is 2.66. The maximum atomic E-state index is 12.4. The van der Waals surface area contributed by atoms with Gasteiger partial charge in [0.2, 0.25) is 5.91 Å². The van der Waals surface area contributed by atoms with E-state index in [9.17, 15) is 4.79 Å². The standard InChI is InChI=1S/C21H39N5OS.HI/c1-4-22-21(26-14-15-28-19(16-26)17(2)3)23-8-9-24-10-12-25(13-11-24)20(27)18-6-5-7-18;/h17-19H,4-16H2,1-3H3,(H,22,23);1H. The zero-order valence-electron chi connectivity index (χ0n) is 18.4. The van der Waals surface area contributed by atoms with Crippen molar-refractivity contribution in [2.75, 3.05) is 64.7 Å². The van der Waals surface area contributed by atoms with Crippen molar-refractivity contribution in [2.24, 2.45) is 16.8 Å². The number of nitrogens with zero attached hydrogens (tertiary/aromatic N) is 4. The highest BCUT2D eigenvalue weighted by atomic mass is 127. The maximum absolute atomic E-state index is 12.4. The van der Waals surface area contributed by atoms with Crippen LogP contribution in [-0.4, -0.2) is 96.5 Å². The van der Waals surface area contributed by atoms with Gasteiger partial charge >= 0.3 is 0 Å². The summed E-state index contributed by atoms with van der Waals surface area (Å²) in [6.45, 7) is 15.4. The molecular weight excluding hydrogens is 497 g/mol. The van der Waals surface area contributed by atoms with E-state index < -0.39 is 0 Å². The van der Waals surface area contributed by atoms with Crippen LogP contribution in [0.1, 0.15) is 40.0 Å². The second-order valence-corrected chi connectivity index (χ2v) is 9.98. The Bertz CT molecular complexity index is 535. The van der Waals surface area contributed by atoms with E-state index in [1.807, 2.05) is 0 Å². The number of halogens is 1. The van der Waals surface area contributed by atoms with Crippen LogP contribution in [0, 0.1) is 11.8 Å². The van der Waals surface area contributed by atoms with Crippen LogP contribution in [-0.2, 0) is 4.79 Å². The minimum Gasteiger partial charge on any atom is -0.357 e. The Kier molecular flexibility index (Phi) is 10.9. The minimum absolute atomic E-state index is 0. The fraction of sp³-hybridized carbons (Fsp3) is 0.905. The summed E-state index contributed by atoms with van der Waals surface area (Å²) in [4.78, 5) is 24.3. The van der Waals surface area contributed by atoms with E-state index in [1.54, 1.807) is 0 Å². The van der Waals surface area contributed by atoms with Gasteiger partial charge in [0.15, 0.2) is 5.96 Å². The first-order valence-corrected chi connectivity index (χ1v) is 12.3. The second-order valence-electron chi connectivity index (χ2n) is 8.63. The van der Waals surface area contributed by atoms with Crippen molar-refractivity contribution in [1.29, 1.82) is 0 Å². The topological polar surface area (TPSA) is 51.2 Å². The molecule has 1 saturated carbocycles. The highest BCUT2D eigenvalue weighted by Gasteiger charge is 2.31. The third-order valence-electron chi connectivity index (χ3n) is 6.29. The van der Waals surface area contributed by atoms with Crippen LogP contribution in [0.3, 0.4) is 0 Å². The summed E-state index contributed by atoms with van der Waals surface area (Å²) in [7, 11) is 0. The molecule has 2 aliphatic heterocycles. The summed E-state index contributed by atoms with van der Waals surface area (Å²) < 4.78 is 0. The first-order valence-electron chi connectivity index (χ1n) is 11.2. The molecule has 0 aromatic heterocycles. The summed E-state index contributed by atoms with van der Waals surface area (Å²) in [5, 5.41) is 4.19. The molecule has 3 aliphatic rings. The van der Waals surface area contributed by atoms with Crippen molar-refractivity contribution >= 4 is 47.6 Å². The molecule has 168 valence electrons. The molecule has 1 aliphatic carbocycles. The van der Waals surface area contributed by atoms with Crippen LogP contribution in [0.25, 0.3) is 0 Å². The number of carbonyl (C=O) groups is 1. The van der Waals surface area contributed by atoms with Gasteiger partial charge in [-0.3, -0.25) is 14.7 Å². The van der Waals surface area contributed by atoms with Crippen LogP contribution >= 0.6 is 35.7 Å². The zero-order valence-corrected chi connectivity index (χ0v) is 21.6. The quantitative estimate of drug-likeness (QED) is 0.321. The van der Waals surface area contributed by atoms with E-state index in [1.165, 1.54) is 12.2 Å². The highest BCUT2D eigenvalue weighted by Crippen LogP contribution is 2.28. The Morgan fingerprint density at radius 1 is 1.14 bits per heavy atom. The monoisotopic (exact) mass is 537 g/mol. The summed E-state index contributed by atoms with van der Waals surface area (Å²) in [6.07, 6.45) is 3.44. The first kappa shape index (κ1) is 25.0. The Morgan fingerprint density at radius 2 is 1.86 bits per heavy atom. The van der Waals surface area contributed by atoms with Crippen molar-refractivity contribution in [2.45, 2.75) is 45.3 Å². The van der Waals surface area contributed by atoms with Gasteiger partial charge in [0.1, 0.15) is 0 Å². The number of amides is 1. The van der Waals surface area contributed by atoms with E-state index in [4.69, 9.17) is 4.99 Å². The SMILES string of the molecule is CCNC(=NCCN1CCN(C(=O)C2CCC2)CC1)N1CCSC(C(C)C)C1.I. The molecule has 1 atom stereocenters. The molecule has 0 radical (unpaired) electrons. The average molecular weight is 538 g/mol. The third-order valence-corrected chi connectivity index (χ3v) is 7.83.